The first-order valence-corrected chi connectivity index (χ1v) is 6.99. The van der Waals surface area contributed by atoms with Crippen molar-refractivity contribution < 1.29 is 9.90 Å². The molecule has 0 aliphatic carbocycles. The highest BCUT2D eigenvalue weighted by molar-refractivity contribution is 9.10. The Balaban J connectivity index is 1.85. The van der Waals surface area contributed by atoms with Gasteiger partial charge in [-0.3, -0.25) is 0 Å². The molecule has 2 rings (SSSR count). The molecule has 18 heavy (non-hydrogen) atoms. The summed E-state index contributed by atoms with van der Waals surface area (Å²) in [6.45, 7) is 0.770. The zero-order valence-corrected chi connectivity index (χ0v) is 11.8. The molecule has 6 heteroatoms. The second-order valence-electron chi connectivity index (χ2n) is 3.65. The Bertz CT molecular complexity index is 539. The van der Waals surface area contributed by atoms with Crippen molar-refractivity contribution >= 4 is 38.4 Å². The molecule has 0 saturated carbocycles. The molecule has 0 radical (unpaired) electrons. The third-order valence-electron chi connectivity index (χ3n) is 2.37. The second-order valence-corrected chi connectivity index (χ2v) is 5.32. The summed E-state index contributed by atoms with van der Waals surface area (Å²) in [7, 11) is 0. The van der Waals surface area contributed by atoms with Gasteiger partial charge in [-0.15, -0.1) is 11.3 Å². The maximum Gasteiger partial charge on any atom is 0.335 e. The summed E-state index contributed by atoms with van der Waals surface area (Å²) in [4.78, 5) is 14.9. The van der Waals surface area contributed by atoms with Crippen molar-refractivity contribution in [2.75, 3.05) is 11.9 Å². The van der Waals surface area contributed by atoms with E-state index in [4.69, 9.17) is 5.11 Å². The summed E-state index contributed by atoms with van der Waals surface area (Å²) in [5.41, 5.74) is 1.42. The Labute approximate surface area is 117 Å². The minimum Gasteiger partial charge on any atom is -0.478 e. The van der Waals surface area contributed by atoms with Gasteiger partial charge in [0.15, 0.2) is 5.13 Å². The number of nitrogens with zero attached hydrogens (tertiary/aromatic N) is 1. The van der Waals surface area contributed by atoms with Gasteiger partial charge >= 0.3 is 5.97 Å². The third kappa shape index (κ3) is 3.54. The van der Waals surface area contributed by atoms with Gasteiger partial charge in [-0.25, -0.2) is 9.78 Å². The maximum absolute atomic E-state index is 10.7. The van der Waals surface area contributed by atoms with Crippen LogP contribution in [0.2, 0.25) is 0 Å². The Morgan fingerprint density at radius 3 is 2.67 bits per heavy atom. The fourth-order valence-electron chi connectivity index (χ4n) is 1.46. The quantitative estimate of drug-likeness (QED) is 0.885. The molecule has 1 heterocycles. The smallest absolute Gasteiger partial charge is 0.335 e. The SMILES string of the molecule is O=C(O)c1ccc(CCNc2nc(Br)cs2)cc1. The normalized spacial score (nSPS) is 10.3. The van der Waals surface area contributed by atoms with E-state index in [9.17, 15) is 4.79 Å². The largest absolute Gasteiger partial charge is 0.478 e. The molecule has 2 N–H and O–H groups in total. The molecule has 0 aliphatic rings. The molecule has 0 atom stereocenters. The van der Waals surface area contributed by atoms with Gasteiger partial charge in [0, 0.05) is 11.9 Å². The third-order valence-corrected chi connectivity index (χ3v) is 3.88. The van der Waals surface area contributed by atoms with Crippen molar-refractivity contribution in [3.8, 4) is 0 Å². The van der Waals surface area contributed by atoms with Gasteiger partial charge in [0.2, 0.25) is 0 Å². The molecule has 0 amide bonds. The monoisotopic (exact) mass is 326 g/mol. The highest BCUT2D eigenvalue weighted by Gasteiger charge is 2.02. The van der Waals surface area contributed by atoms with Crippen LogP contribution in [0.1, 0.15) is 15.9 Å². The zero-order chi connectivity index (χ0) is 13.0. The lowest BCUT2D eigenvalue weighted by atomic mass is 10.1. The molecule has 2 aromatic rings. The molecule has 94 valence electrons. The van der Waals surface area contributed by atoms with Crippen LogP contribution >= 0.6 is 27.3 Å². The first kappa shape index (κ1) is 13.0. The van der Waals surface area contributed by atoms with Gasteiger partial charge in [-0.05, 0) is 40.0 Å². The van der Waals surface area contributed by atoms with Crippen LogP contribution in [0, 0.1) is 0 Å². The molecule has 0 aliphatic heterocycles. The summed E-state index contributed by atoms with van der Waals surface area (Å²) in [5, 5.41) is 14.8. The Kier molecular flexibility index (Phi) is 4.33. The van der Waals surface area contributed by atoms with E-state index in [1.165, 1.54) is 0 Å². The average Bonchev–Trinajstić information content (AvgIpc) is 2.76. The molecule has 1 aromatic heterocycles. The molecule has 0 fully saturated rings. The van der Waals surface area contributed by atoms with E-state index in [0.29, 0.717) is 5.56 Å². The second kappa shape index (κ2) is 5.97. The summed E-state index contributed by atoms with van der Waals surface area (Å²) in [6, 6.07) is 6.92. The minimum absolute atomic E-state index is 0.315. The van der Waals surface area contributed by atoms with Crippen LogP contribution in [0.3, 0.4) is 0 Å². The van der Waals surface area contributed by atoms with E-state index in [2.05, 4.69) is 26.2 Å². The van der Waals surface area contributed by atoms with Crippen LogP contribution < -0.4 is 5.32 Å². The molecule has 0 unspecified atom stereocenters. The van der Waals surface area contributed by atoms with Crippen molar-refractivity contribution in [1.29, 1.82) is 0 Å². The van der Waals surface area contributed by atoms with Gasteiger partial charge in [0.25, 0.3) is 0 Å². The summed E-state index contributed by atoms with van der Waals surface area (Å²) in [6.07, 6.45) is 0.830. The van der Waals surface area contributed by atoms with E-state index in [0.717, 1.165) is 28.3 Å². The first-order chi connectivity index (χ1) is 8.65. The topological polar surface area (TPSA) is 62.2 Å². The fourth-order valence-corrected chi connectivity index (χ4v) is 2.64. The number of thiazole rings is 1. The van der Waals surface area contributed by atoms with Gasteiger partial charge < -0.3 is 10.4 Å². The number of benzene rings is 1. The number of aromatic nitrogens is 1. The number of aromatic carboxylic acids is 1. The molecule has 4 nitrogen and oxygen atoms in total. The van der Waals surface area contributed by atoms with E-state index in [1.807, 2.05) is 17.5 Å². The van der Waals surface area contributed by atoms with Crippen LogP contribution in [0.25, 0.3) is 0 Å². The lowest BCUT2D eigenvalue weighted by Crippen LogP contribution is -2.05. The van der Waals surface area contributed by atoms with Gasteiger partial charge in [0.1, 0.15) is 4.60 Å². The van der Waals surface area contributed by atoms with Crippen molar-refractivity contribution in [3.63, 3.8) is 0 Å². The fraction of sp³-hybridized carbons (Fsp3) is 0.167. The van der Waals surface area contributed by atoms with Gasteiger partial charge in [-0.2, -0.15) is 0 Å². The number of carboxylic acid groups (broad SMARTS) is 1. The van der Waals surface area contributed by atoms with Gasteiger partial charge in [-0.1, -0.05) is 12.1 Å². The lowest BCUT2D eigenvalue weighted by molar-refractivity contribution is 0.0697. The first-order valence-electron chi connectivity index (χ1n) is 5.32. The minimum atomic E-state index is -0.896. The summed E-state index contributed by atoms with van der Waals surface area (Å²) < 4.78 is 0.834. The van der Waals surface area contributed by atoms with Crippen LogP contribution in [0.5, 0.6) is 0 Å². The van der Waals surface area contributed by atoms with Crippen molar-refractivity contribution in [1.82, 2.24) is 4.98 Å². The molecular formula is C12H11BrN2O2S. The number of carbonyl (C=O) groups is 1. The highest BCUT2D eigenvalue weighted by atomic mass is 79.9. The molecule has 0 bridgehead atoms. The van der Waals surface area contributed by atoms with E-state index in [1.54, 1.807) is 23.5 Å². The van der Waals surface area contributed by atoms with Crippen molar-refractivity contribution in [2.45, 2.75) is 6.42 Å². The van der Waals surface area contributed by atoms with Crippen molar-refractivity contribution in [2.24, 2.45) is 0 Å². The standard InChI is InChI=1S/C12H11BrN2O2S/c13-10-7-18-12(15-10)14-6-5-8-1-3-9(4-2-8)11(16)17/h1-4,7H,5-6H2,(H,14,15)(H,16,17). The Morgan fingerprint density at radius 2 is 2.11 bits per heavy atom. The van der Waals surface area contributed by atoms with E-state index < -0.39 is 5.97 Å². The number of hydrogen-bond acceptors (Lipinski definition) is 4. The molecule has 0 spiro atoms. The predicted molar refractivity (Wildman–Crippen MR) is 75.4 cm³/mol. The average molecular weight is 327 g/mol. The Hall–Kier alpha value is -1.40. The van der Waals surface area contributed by atoms with Crippen molar-refractivity contribution in [3.05, 3.63) is 45.4 Å². The van der Waals surface area contributed by atoms with Crippen LogP contribution in [0.15, 0.2) is 34.2 Å². The Morgan fingerprint density at radius 1 is 1.39 bits per heavy atom. The number of nitrogens with one attached hydrogen (secondary N) is 1. The van der Waals surface area contributed by atoms with Crippen LogP contribution in [-0.2, 0) is 6.42 Å². The predicted octanol–water partition coefficient (Wildman–Crippen LogP) is 3.26. The lowest BCUT2D eigenvalue weighted by Gasteiger charge is -2.03. The number of hydrogen-bond donors (Lipinski definition) is 2. The number of carboxylic acids is 1. The van der Waals surface area contributed by atoms with E-state index in [-0.39, 0.29) is 0 Å². The number of rotatable bonds is 5. The number of halogens is 1. The number of anilines is 1. The highest BCUT2D eigenvalue weighted by Crippen LogP contribution is 2.19. The van der Waals surface area contributed by atoms with Gasteiger partial charge in [0.05, 0.1) is 5.56 Å². The van der Waals surface area contributed by atoms with Crippen LogP contribution in [0.4, 0.5) is 5.13 Å². The summed E-state index contributed by atoms with van der Waals surface area (Å²) >= 11 is 4.84. The van der Waals surface area contributed by atoms with E-state index >= 15 is 0 Å². The molecule has 0 saturated heterocycles. The molecular weight excluding hydrogens is 316 g/mol. The molecule has 1 aromatic carbocycles. The maximum atomic E-state index is 10.7. The zero-order valence-electron chi connectivity index (χ0n) is 9.39. The summed E-state index contributed by atoms with van der Waals surface area (Å²) in [5.74, 6) is -0.896. The van der Waals surface area contributed by atoms with Crippen LogP contribution in [-0.4, -0.2) is 22.6 Å².